The molecule has 0 saturated heterocycles. The highest BCUT2D eigenvalue weighted by molar-refractivity contribution is 5.77. The second-order valence-corrected chi connectivity index (χ2v) is 14.2. The molecule has 3 atom stereocenters. The molecule has 0 spiro atoms. The van der Waals surface area contributed by atoms with Gasteiger partial charge in [-0.05, 0) is 64.2 Å². The molecule has 0 fully saturated rings. The van der Waals surface area contributed by atoms with Crippen LogP contribution in [0.3, 0.4) is 0 Å². The van der Waals surface area contributed by atoms with Crippen molar-refractivity contribution in [3.63, 3.8) is 0 Å². The van der Waals surface area contributed by atoms with E-state index in [0.29, 0.717) is 19.3 Å². The Bertz CT molecular complexity index is 1110. The van der Waals surface area contributed by atoms with E-state index in [9.17, 15) is 19.8 Å². The first-order chi connectivity index (χ1) is 26.5. The zero-order valence-electron chi connectivity index (χ0n) is 34.6. The molecule has 0 aromatic carbocycles. The van der Waals surface area contributed by atoms with E-state index in [4.69, 9.17) is 4.74 Å². The van der Waals surface area contributed by atoms with Crippen LogP contribution < -0.4 is 5.32 Å². The average molecular weight is 750 g/mol. The minimum Gasteiger partial charge on any atom is -0.462 e. The number of carbonyl (C=O) groups is 2. The summed E-state index contributed by atoms with van der Waals surface area (Å²) in [5, 5.41) is 23.5. The summed E-state index contributed by atoms with van der Waals surface area (Å²) in [6.07, 6.45) is 53.2. The third-order valence-electron chi connectivity index (χ3n) is 9.10. The van der Waals surface area contributed by atoms with Gasteiger partial charge < -0.3 is 20.3 Å². The molecule has 0 bridgehead atoms. The second kappa shape index (κ2) is 41.0. The van der Waals surface area contributed by atoms with Crippen molar-refractivity contribution >= 4 is 11.9 Å². The highest BCUT2D eigenvalue weighted by Gasteiger charge is 2.24. The van der Waals surface area contributed by atoms with Crippen LogP contribution in [-0.2, 0) is 14.3 Å². The van der Waals surface area contributed by atoms with Crippen molar-refractivity contribution in [2.45, 2.75) is 187 Å². The standard InChI is InChI=1S/C48H79NO5/c1-4-7-10-13-16-19-21-23-25-28-30-33-36-39-44(54-48(53)41-38-35-32-29-26-24-22-20-17-14-11-8-5-2)42-47(52)49-45(43-50)46(51)40-37-34-31-27-18-15-12-9-6-3/h7-8,10-11,13-14,16-17,19-26,44-46,50-51H,4-6,9,12,15,18,27-43H2,1-3H3,(H,49,52)/b10-7+,11-8+,16-13+,17-14+,21-19+,22-20-,25-23-,26-24-. The molecular weight excluding hydrogens is 671 g/mol. The summed E-state index contributed by atoms with van der Waals surface area (Å²) in [6, 6.07) is -0.726. The lowest BCUT2D eigenvalue weighted by atomic mass is 10.0. The Kier molecular flexibility index (Phi) is 38.5. The Morgan fingerprint density at radius 3 is 1.52 bits per heavy atom. The number of amides is 1. The molecule has 0 saturated carbocycles. The number of aliphatic hydroxyl groups is 2. The molecule has 3 unspecified atom stereocenters. The van der Waals surface area contributed by atoms with Gasteiger partial charge in [0.15, 0.2) is 0 Å². The molecule has 306 valence electrons. The van der Waals surface area contributed by atoms with Crippen LogP contribution >= 0.6 is 0 Å². The monoisotopic (exact) mass is 750 g/mol. The van der Waals surface area contributed by atoms with E-state index in [1.807, 2.05) is 60.8 Å². The molecule has 0 aliphatic rings. The van der Waals surface area contributed by atoms with E-state index < -0.39 is 18.2 Å². The Morgan fingerprint density at radius 2 is 1.00 bits per heavy atom. The first-order valence-corrected chi connectivity index (χ1v) is 21.6. The third kappa shape index (κ3) is 35.8. The van der Waals surface area contributed by atoms with Gasteiger partial charge in [-0.3, -0.25) is 9.59 Å². The zero-order valence-corrected chi connectivity index (χ0v) is 34.6. The zero-order chi connectivity index (χ0) is 39.6. The number of hydrogen-bond donors (Lipinski definition) is 3. The van der Waals surface area contributed by atoms with Gasteiger partial charge in [0.25, 0.3) is 0 Å². The molecule has 3 N–H and O–H groups in total. The number of esters is 1. The number of hydrogen-bond acceptors (Lipinski definition) is 5. The van der Waals surface area contributed by atoms with Crippen molar-refractivity contribution < 1.29 is 24.5 Å². The maximum atomic E-state index is 13.1. The molecule has 6 heteroatoms. The van der Waals surface area contributed by atoms with Crippen LogP contribution in [0.25, 0.3) is 0 Å². The summed E-state index contributed by atoms with van der Waals surface area (Å²) >= 11 is 0. The molecule has 0 rings (SSSR count). The predicted octanol–water partition coefficient (Wildman–Crippen LogP) is 12.2. The SMILES string of the molecule is CC/C=C/C=C/C=C\C=C/CCCCCC(=O)OC(CCCCC\C=C/C=C/C=C/C=C/CC)CC(=O)NC(CO)C(O)CCCCCCCCCCC. The number of allylic oxidation sites excluding steroid dienone is 16. The minimum absolute atomic E-state index is 0.0288. The molecule has 0 aromatic rings. The topological polar surface area (TPSA) is 95.9 Å². The van der Waals surface area contributed by atoms with E-state index in [1.54, 1.807) is 0 Å². The fraction of sp³-hybridized carbons (Fsp3) is 0.625. The largest absolute Gasteiger partial charge is 0.462 e. The quantitative estimate of drug-likeness (QED) is 0.0337. The van der Waals surface area contributed by atoms with E-state index >= 15 is 0 Å². The number of nitrogens with one attached hydrogen (secondary N) is 1. The summed E-state index contributed by atoms with van der Waals surface area (Å²) in [5.74, 6) is -0.575. The van der Waals surface area contributed by atoms with Gasteiger partial charge in [0, 0.05) is 6.42 Å². The Morgan fingerprint density at radius 1 is 0.556 bits per heavy atom. The molecule has 0 aliphatic heterocycles. The minimum atomic E-state index is -0.808. The van der Waals surface area contributed by atoms with Gasteiger partial charge in [0.2, 0.25) is 5.91 Å². The number of rotatable bonds is 36. The smallest absolute Gasteiger partial charge is 0.306 e. The van der Waals surface area contributed by atoms with Crippen LogP contribution in [0.2, 0.25) is 0 Å². The highest BCUT2D eigenvalue weighted by atomic mass is 16.5. The summed E-state index contributed by atoms with van der Waals surface area (Å²) in [5.41, 5.74) is 0. The molecule has 1 amide bonds. The van der Waals surface area contributed by atoms with Crippen molar-refractivity contribution in [1.29, 1.82) is 0 Å². The van der Waals surface area contributed by atoms with E-state index in [0.717, 1.165) is 83.5 Å². The van der Waals surface area contributed by atoms with E-state index in [1.165, 1.54) is 38.5 Å². The molecular formula is C48H79NO5. The summed E-state index contributed by atoms with van der Waals surface area (Å²) < 4.78 is 5.85. The molecule has 0 aliphatic carbocycles. The number of carbonyl (C=O) groups excluding carboxylic acids is 2. The van der Waals surface area contributed by atoms with Crippen molar-refractivity contribution in [3.05, 3.63) is 97.2 Å². The van der Waals surface area contributed by atoms with Gasteiger partial charge in [-0.25, -0.2) is 0 Å². The number of unbranched alkanes of at least 4 members (excludes halogenated alkanes) is 14. The van der Waals surface area contributed by atoms with E-state index in [2.05, 4.69) is 62.5 Å². The van der Waals surface area contributed by atoms with Gasteiger partial charge in [0.1, 0.15) is 6.10 Å². The summed E-state index contributed by atoms with van der Waals surface area (Å²) in [7, 11) is 0. The number of ether oxygens (including phenoxy) is 1. The van der Waals surface area contributed by atoms with Crippen LogP contribution in [0, 0.1) is 0 Å². The maximum absolute atomic E-state index is 13.1. The third-order valence-corrected chi connectivity index (χ3v) is 9.10. The predicted molar refractivity (Wildman–Crippen MR) is 231 cm³/mol. The molecule has 0 aromatic heterocycles. The van der Waals surface area contributed by atoms with Gasteiger partial charge in [-0.2, -0.15) is 0 Å². The van der Waals surface area contributed by atoms with Gasteiger partial charge in [0.05, 0.1) is 25.2 Å². The van der Waals surface area contributed by atoms with Crippen LogP contribution in [0.1, 0.15) is 168 Å². The first kappa shape index (κ1) is 50.8. The Labute approximate surface area is 331 Å². The van der Waals surface area contributed by atoms with Crippen LogP contribution in [0.5, 0.6) is 0 Å². The van der Waals surface area contributed by atoms with Gasteiger partial charge in [-0.15, -0.1) is 0 Å². The lowest BCUT2D eigenvalue weighted by Crippen LogP contribution is -2.46. The Hall–Kier alpha value is -3.22. The molecule has 54 heavy (non-hydrogen) atoms. The fourth-order valence-electron chi connectivity index (χ4n) is 5.86. The van der Waals surface area contributed by atoms with Crippen molar-refractivity contribution in [2.24, 2.45) is 0 Å². The lowest BCUT2D eigenvalue weighted by molar-refractivity contribution is -0.151. The normalized spacial score (nSPS) is 14.4. The molecule has 0 radical (unpaired) electrons. The molecule has 0 heterocycles. The van der Waals surface area contributed by atoms with Crippen LogP contribution in [0.4, 0.5) is 0 Å². The first-order valence-electron chi connectivity index (χ1n) is 21.6. The molecule has 6 nitrogen and oxygen atoms in total. The number of aliphatic hydroxyl groups excluding tert-OH is 2. The maximum Gasteiger partial charge on any atom is 0.306 e. The fourth-order valence-corrected chi connectivity index (χ4v) is 5.86. The van der Waals surface area contributed by atoms with Crippen molar-refractivity contribution in [2.75, 3.05) is 6.61 Å². The Balaban J connectivity index is 4.80. The van der Waals surface area contributed by atoms with Crippen molar-refractivity contribution in [1.82, 2.24) is 5.32 Å². The van der Waals surface area contributed by atoms with E-state index in [-0.39, 0.29) is 24.9 Å². The summed E-state index contributed by atoms with van der Waals surface area (Å²) in [6.45, 7) is 6.13. The lowest BCUT2D eigenvalue weighted by Gasteiger charge is -2.24. The second-order valence-electron chi connectivity index (χ2n) is 14.2. The van der Waals surface area contributed by atoms with Crippen LogP contribution in [0.15, 0.2) is 97.2 Å². The van der Waals surface area contributed by atoms with Gasteiger partial charge >= 0.3 is 5.97 Å². The highest BCUT2D eigenvalue weighted by Crippen LogP contribution is 2.16. The van der Waals surface area contributed by atoms with Gasteiger partial charge in [-0.1, -0.05) is 189 Å². The van der Waals surface area contributed by atoms with Crippen molar-refractivity contribution in [3.8, 4) is 0 Å². The average Bonchev–Trinajstić information content (AvgIpc) is 3.16. The summed E-state index contributed by atoms with van der Waals surface area (Å²) in [4.78, 5) is 25.9. The van der Waals surface area contributed by atoms with Crippen LogP contribution in [-0.4, -0.2) is 46.9 Å².